The standard InChI is InChI=1S/C9H13ClN2S/c1-9(2,3)7-8(10)11-5-6(12-7)13-4/h5H,1-4H3. The van der Waals surface area contributed by atoms with E-state index in [4.69, 9.17) is 11.6 Å². The number of halogens is 1. The second-order valence-corrected chi connectivity index (χ2v) is 4.99. The van der Waals surface area contributed by atoms with Crippen LogP contribution in [0.1, 0.15) is 26.5 Å². The van der Waals surface area contributed by atoms with Gasteiger partial charge in [-0.3, -0.25) is 0 Å². The second-order valence-electron chi connectivity index (χ2n) is 3.80. The Kier molecular flexibility index (Phi) is 3.19. The van der Waals surface area contributed by atoms with Gasteiger partial charge in [0.1, 0.15) is 5.03 Å². The number of hydrogen-bond acceptors (Lipinski definition) is 3. The molecule has 1 rings (SSSR count). The summed E-state index contributed by atoms with van der Waals surface area (Å²) in [6.45, 7) is 6.23. The highest BCUT2D eigenvalue weighted by Crippen LogP contribution is 2.27. The molecular formula is C9H13ClN2S. The first-order valence-corrected chi connectivity index (χ1v) is 5.62. The van der Waals surface area contributed by atoms with Gasteiger partial charge in [-0.2, -0.15) is 0 Å². The fourth-order valence-electron chi connectivity index (χ4n) is 0.934. The number of rotatable bonds is 1. The maximum absolute atomic E-state index is 5.95. The Morgan fingerprint density at radius 3 is 2.46 bits per heavy atom. The Balaban J connectivity index is 3.19. The van der Waals surface area contributed by atoms with Crippen LogP contribution >= 0.6 is 23.4 Å². The topological polar surface area (TPSA) is 25.8 Å². The van der Waals surface area contributed by atoms with Gasteiger partial charge in [0.25, 0.3) is 0 Å². The van der Waals surface area contributed by atoms with Crippen molar-refractivity contribution in [1.82, 2.24) is 9.97 Å². The van der Waals surface area contributed by atoms with Crippen LogP contribution in [0.4, 0.5) is 0 Å². The van der Waals surface area contributed by atoms with Gasteiger partial charge in [0, 0.05) is 5.41 Å². The molecule has 0 fully saturated rings. The Morgan fingerprint density at radius 1 is 1.38 bits per heavy atom. The molecule has 2 nitrogen and oxygen atoms in total. The number of thioether (sulfide) groups is 1. The summed E-state index contributed by atoms with van der Waals surface area (Å²) in [6, 6.07) is 0. The van der Waals surface area contributed by atoms with Crippen molar-refractivity contribution in [3.05, 3.63) is 17.0 Å². The van der Waals surface area contributed by atoms with Crippen LogP contribution < -0.4 is 0 Å². The summed E-state index contributed by atoms with van der Waals surface area (Å²) in [7, 11) is 0. The molecule has 0 atom stereocenters. The predicted molar refractivity (Wildman–Crippen MR) is 57.5 cm³/mol. The normalized spacial score (nSPS) is 11.8. The molecule has 72 valence electrons. The van der Waals surface area contributed by atoms with Crippen molar-refractivity contribution < 1.29 is 0 Å². The number of aromatic nitrogens is 2. The van der Waals surface area contributed by atoms with Crippen LogP contribution in [0.5, 0.6) is 0 Å². The zero-order valence-corrected chi connectivity index (χ0v) is 9.83. The van der Waals surface area contributed by atoms with E-state index in [-0.39, 0.29) is 5.41 Å². The van der Waals surface area contributed by atoms with E-state index in [0.717, 1.165) is 10.7 Å². The van der Waals surface area contributed by atoms with Crippen LogP contribution in [0, 0.1) is 0 Å². The quantitative estimate of drug-likeness (QED) is 0.675. The average Bonchev–Trinajstić information content (AvgIpc) is 2.03. The Labute approximate surface area is 88.1 Å². The molecule has 0 unspecified atom stereocenters. The van der Waals surface area contributed by atoms with E-state index in [1.54, 1.807) is 18.0 Å². The summed E-state index contributed by atoms with van der Waals surface area (Å²) in [4.78, 5) is 8.53. The van der Waals surface area contributed by atoms with E-state index >= 15 is 0 Å². The van der Waals surface area contributed by atoms with Gasteiger partial charge in [-0.05, 0) is 6.26 Å². The van der Waals surface area contributed by atoms with E-state index in [2.05, 4.69) is 30.7 Å². The molecule has 0 aliphatic heterocycles. The van der Waals surface area contributed by atoms with Crippen molar-refractivity contribution in [2.24, 2.45) is 0 Å². The molecule has 0 N–H and O–H groups in total. The van der Waals surface area contributed by atoms with Gasteiger partial charge in [0.05, 0.1) is 11.9 Å². The van der Waals surface area contributed by atoms with E-state index in [1.165, 1.54) is 0 Å². The molecule has 0 aliphatic carbocycles. The zero-order chi connectivity index (χ0) is 10.1. The van der Waals surface area contributed by atoms with Gasteiger partial charge in [0.2, 0.25) is 0 Å². The van der Waals surface area contributed by atoms with E-state index in [0.29, 0.717) is 5.15 Å². The average molecular weight is 217 g/mol. The minimum atomic E-state index is -0.0458. The molecular weight excluding hydrogens is 204 g/mol. The minimum Gasteiger partial charge on any atom is -0.241 e. The van der Waals surface area contributed by atoms with Crippen molar-refractivity contribution in [2.45, 2.75) is 31.2 Å². The highest BCUT2D eigenvalue weighted by Gasteiger charge is 2.20. The summed E-state index contributed by atoms with van der Waals surface area (Å²) >= 11 is 7.53. The minimum absolute atomic E-state index is 0.0458. The van der Waals surface area contributed by atoms with E-state index < -0.39 is 0 Å². The summed E-state index contributed by atoms with van der Waals surface area (Å²) in [5, 5.41) is 1.42. The van der Waals surface area contributed by atoms with Crippen molar-refractivity contribution in [3.8, 4) is 0 Å². The lowest BCUT2D eigenvalue weighted by atomic mass is 9.93. The summed E-state index contributed by atoms with van der Waals surface area (Å²) in [5.74, 6) is 0. The van der Waals surface area contributed by atoms with Crippen molar-refractivity contribution in [2.75, 3.05) is 6.26 Å². The highest BCUT2D eigenvalue weighted by atomic mass is 35.5. The lowest BCUT2D eigenvalue weighted by molar-refractivity contribution is 0.559. The van der Waals surface area contributed by atoms with E-state index in [9.17, 15) is 0 Å². The molecule has 0 saturated carbocycles. The summed E-state index contributed by atoms with van der Waals surface area (Å²) in [6.07, 6.45) is 3.67. The molecule has 0 bridgehead atoms. The van der Waals surface area contributed by atoms with Crippen molar-refractivity contribution in [1.29, 1.82) is 0 Å². The maximum atomic E-state index is 5.95. The van der Waals surface area contributed by atoms with E-state index in [1.807, 2.05) is 6.26 Å². The van der Waals surface area contributed by atoms with Gasteiger partial charge in [0.15, 0.2) is 5.15 Å². The van der Waals surface area contributed by atoms with Crippen LogP contribution in [0.2, 0.25) is 5.15 Å². The molecule has 0 aromatic carbocycles. The molecule has 1 heterocycles. The van der Waals surface area contributed by atoms with Crippen LogP contribution in [-0.2, 0) is 5.41 Å². The lowest BCUT2D eigenvalue weighted by Gasteiger charge is -2.18. The molecule has 0 radical (unpaired) electrons. The van der Waals surface area contributed by atoms with Gasteiger partial charge in [-0.25, -0.2) is 9.97 Å². The van der Waals surface area contributed by atoms with Crippen LogP contribution in [0.15, 0.2) is 11.2 Å². The summed E-state index contributed by atoms with van der Waals surface area (Å²) < 4.78 is 0. The fraction of sp³-hybridized carbons (Fsp3) is 0.556. The first-order valence-electron chi connectivity index (χ1n) is 4.02. The van der Waals surface area contributed by atoms with Crippen LogP contribution in [0.3, 0.4) is 0 Å². The monoisotopic (exact) mass is 216 g/mol. The molecule has 1 aromatic rings. The zero-order valence-electron chi connectivity index (χ0n) is 8.26. The summed E-state index contributed by atoms with van der Waals surface area (Å²) in [5.41, 5.74) is 0.816. The van der Waals surface area contributed by atoms with Gasteiger partial charge in [-0.15, -0.1) is 11.8 Å². The Morgan fingerprint density at radius 2 is 2.00 bits per heavy atom. The Bertz CT molecular complexity index is 307. The first kappa shape index (κ1) is 10.8. The molecule has 1 aromatic heterocycles. The van der Waals surface area contributed by atoms with Crippen LogP contribution in [0.25, 0.3) is 0 Å². The SMILES string of the molecule is CSc1cnc(Cl)c(C(C)(C)C)n1. The fourth-order valence-corrected chi connectivity index (χ4v) is 1.65. The maximum Gasteiger partial charge on any atom is 0.151 e. The second kappa shape index (κ2) is 3.84. The third-order valence-corrected chi connectivity index (χ3v) is 2.52. The van der Waals surface area contributed by atoms with Gasteiger partial charge < -0.3 is 0 Å². The third-order valence-electron chi connectivity index (χ3n) is 1.63. The Hall–Kier alpha value is -0.280. The molecule has 13 heavy (non-hydrogen) atoms. The molecule has 0 spiro atoms. The third kappa shape index (κ3) is 2.58. The predicted octanol–water partition coefficient (Wildman–Crippen LogP) is 3.15. The molecule has 0 amide bonds. The molecule has 4 heteroatoms. The van der Waals surface area contributed by atoms with Crippen LogP contribution in [-0.4, -0.2) is 16.2 Å². The first-order chi connectivity index (χ1) is 5.95. The number of nitrogens with zero attached hydrogens (tertiary/aromatic N) is 2. The highest BCUT2D eigenvalue weighted by molar-refractivity contribution is 7.98. The van der Waals surface area contributed by atoms with Gasteiger partial charge >= 0.3 is 0 Å². The van der Waals surface area contributed by atoms with Crippen molar-refractivity contribution in [3.63, 3.8) is 0 Å². The largest absolute Gasteiger partial charge is 0.241 e. The van der Waals surface area contributed by atoms with Gasteiger partial charge in [-0.1, -0.05) is 32.4 Å². The molecule has 0 saturated heterocycles. The lowest BCUT2D eigenvalue weighted by Crippen LogP contribution is -2.15. The number of hydrogen-bond donors (Lipinski definition) is 0. The van der Waals surface area contributed by atoms with Crippen molar-refractivity contribution >= 4 is 23.4 Å². The smallest absolute Gasteiger partial charge is 0.151 e. The molecule has 0 aliphatic rings.